The summed E-state index contributed by atoms with van der Waals surface area (Å²) in [5, 5.41) is 14.0. The number of para-hydroxylation sites is 1. The average Bonchev–Trinajstić information content (AvgIpc) is 3.01. The number of carbonyl (C=O) groups is 1. The van der Waals surface area contributed by atoms with Crippen molar-refractivity contribution < 1.29 is 9.72 Å². The summed E-state index contributed by atoms with van der Waals surface area (Å²) < 4.78 is 0. The number of aromatic nitrogens is 1. The van der Waals surface area contributed by atoms with Crippen molar-refractivity contribution >= 4 is 28.1 Å². The molecule has 2 aromatic rings. The normalized spacial score (nSPS) is 14.8. The Morgan fingerprint density at radius 1 is 1.26 bits per heavy atom. The molecule has 3 rings (SSSR count). The highest BCUT2D eigenvalue weighted by molar-refractivity contribution is 7.13. The van der Waals surface area contributed by atoms with Crippen molar-refractivity contribution in [2.24, 2.45) is 0 Å². The zero-order chi connectivity index (χ0) is 16.4. The summed E-state index contributed by atoms with van der Waals surface area (Å²) in [7, 11) is 0. The van der Waals surface area contributed by atoms with Crippen LogP contribution in [-0.4, -0.2) is 46.9 Å². The number of benzene rings is 1. The molecule has 0 atom stereocenters. The number of hydrogen-bond donors (Lipinski definition) is 0. The predicted octanol–water partition coefficient (Wildman–Crippen LogP) is 2.32. The Balaban J connectivity index is 1.70. The van der Waals surface area contributed by atoms with Crippen molar-refractivity contribution in [1.29, 1.82) is 0 Å². The maximum absolute atomic E-state index is 12.6. The summed E-state index contributed by atoms with van der Waals surface area (Å²) in [6, 6.07) is 6.09. The number of nitro benzene ring substituents is 1. The van der Waals surface area contributed by atoms with Crippen LogP contribution in [0.25, 0.3) is 0 Å². The summed E-state index contributed by atoms with van der Waals surface area (Å²) >= 11 is 1.59. The largest absolute Gasteiger partial charge is 0.345 e. The molecule has 0 saturated carbocycles. The topological polar surface area (TPSA) is 79.6 Å². The zero-order valence-corrected chi connectivity index (χ0v) is 13.5. The molecule has 0 spiro atoms. The van der Waals surface area contributed by atoms with Crippen LogP contribution in [-0.2, 0) is 0 Å². The van der Waals surface area contributed by atoms with Crippen molar-refractivity contribution in [1.82, 2.24) is 9.88 Å². The summed E-state index contributed by atoms with van der Waals surface area (Å²) in [6.07, 6.45) is 0. The zero-order valence-electron chi connectivity index (χ0n) is 12.6. The molecule has 23 heavy (non-hydrogen) atoms. The van der Waals surface area contributed by atoms with Gasteiger partial charge in [0.25, 0.3) is 11.6 Å². The van der Waals surface area contributed by atoms with Gasteiger partial charge in [-0.1, -0.05) is 12.1 Å². The highest BCUT2D eigenvalue weighted by Gasteiger charge is 2.27. The number of thiazole rings is 1. The van der Waals surface area contributed by atoms with E-state index in [1.54, 1.807) is 28.4 Å². The SMILES string of the molecule is Cc1csc(N2CCN(C(=O)c3ccccc3[N+](=O)[O-])CC2)n1. The highest BCUT2D eigenvalue weighted by atomic mass is 32.1. The summed E-state index contributed by atoms with van der Waals surface area (Å²) in [5.74, 6) is -0.285. The number of nitrogens with zero attached hydrogens (tertiary/aromatic N) is 4. The van der Waals surface area contributed by atoms with Crippen LogP contribution in [0.1, 0.15) is 16.1 Å². The van der Waals surface area contributed by atoms with E-state index in [9.17, 15) is 14.9 Å². The number of aryl methyl sites for hydroxylation is 1. The third kappa shape index (κ3) is 3.16. The van der Waals surface area contributed by atoms with E-state index in [4.69, 9.17) is 0 Å². The van der Waals surface area contributed by atoms with E-state index < -0.39 is 4.92 Å². The Hall–Kier alpha value is -2.48. The third-order valence-electron chi connectivity index (χ3n) is 3.78. The second-order valence-corrected chi connectivity index (χ2v) is 6.16. The Morgan fingerprint density at radius 3 is 2.57 bits per heavy atom. The van der Waals surface area contributed by atoms with Crippen LogP contribution in [0.4, 0.5) is 10.8 Å². The lowest BCUT2D eigenvalue weighted by Gasteiger charge is -2.34. The predicted molar refractivity (Wildman–Crippen MR) is 88.1 cm³/mol. The Morgan fingerprint density at radius 2 is 1.96 bits per heavy atom. The summed E-state index contributed by atoms with van der Waals surface area (Å²) in [6.45, 7) is 4.37. The van der Waals surface area contributed by atoms with Crippen LogP contribution in [0.15, 0.2) is 29.6 Å². The molecule has 1 aliphatic rings. The van der Waals surface area contributed by atoms with Gasteiger partial charge in [0.2, 0.25) is 0 Å². The molecule has 8 heteroatoms. The first kappa shape index (κ1) is 15.4. The van der Waals surface area contributed by atoms with Gasteiger partial charge in [-0.2, -0.15) is 0 Å². The number of rotatable bonds is 3. The van der Waals surface area contributed by atoms with Crippen LogP contribution >= 0.6 is 11.3 Å². The van der Waals surface area contributed by atoms with Crippen molar-refractivity contribution in [2.75, 3.05) is 31.1 Å². The van der Waals surface area contributed by atoms with Gasteiger partial charge in [0, 0.05) is 37.6 Å². The fourth-order valence-corrected chi connectivity index (χ4v) is 3.43. The van der Waals surface area contributed by atoms with Crippen LogP contribution in [0.2, 0.25) is 0 Å². The molecule has 0 bridgehead atoms. The Labute approximate surface area is 137 Å². The van der Waals surface area contributed by atoms with Crippen molar-refractivity contribution in [3.63, 3.8) is 0 Å². The van der Waals surface area contributed by atoms with Gasteiger partial charge in [0.1, 0.15) is 5.56 Å². The van der Waals surface area contributed by atoms with Gasteiger partial charge in [0.15, 0.2) is 5.13 Å². The molecular formula is C15H16N4O3S. The molecule has 1 aliphatic heterocycles. The highest BCUT2D eigenvalue weighted by Crippen LogP contribution is 2.23. The van der Waals surface area contributed by atoms with Crippen molar-refractivity contribution in [3.05, 3.63) is 51.0 Å². The van der Waals surface area contributed by atoms with Gasteiger partial charge in [-0.3, -0.25) is 14.9 Å². The molecular weight excluding hydrogens is 316 g/mol. The van der Waals surface area contributed by atoms with E-state index in [1.165, 1.54) is 12.1 Å². The average molecular weight is 332 g/mol. The van der Waals surface area contributed by atoms with Crippen LogP contribution < -0.4 is 4.90 Å². The number of carbonyl (C=O) groups excluding carboxylic acids is 1. The molecule has 0 aliphatic carbocycles. The van der Waals surface area contributed by atoms with Crippen molar-refractivity contribution in [3.8, 4) is 0 Å². The lowest BCUT2D eigenvalue weighted by atomic mass is 10.1. The lowest BCUT2D eigenvalue weighted by molar-refractivity contribution is -0.385. The summed E-state index contributed by atoms with van der Waals surface area (Å²) in [5.41, 5.74) is 0.995. The fraction of sp³-hybridized carbons (Fsp3) is 0.333. The minimum absolute atomic E-state index is 0.143. The minimum atomic E-state index is -0.512. The number of piperazine rings is 1. The molecule has 1 aromatic heterocycles. The smallest absolute Gasteiger partial charge is 0.282 e. The number of hydrogen-bond acceptors (Lipinski definition) is 6. The quantitative estimate of drug-likeness (QED) is 0.636. The second kappa shape index (κ2) is 6.33. The molecule has 0 unspecified atom stereocenters. The fourth-order valence-electron chi connectivity index (χ4n) is 2.57. The molecule has 1 aromatic carbocycles. The van der Waals surface area contributed by atoms with E-state index in [1.807, 2.05) is 12.3 Å². The Bertz CT molecular complexity index is 738. The van der Waals surface area contributed by atoms with Gasteiger partial charge in [-0.25, -0.2) is 4.98 Å². The molecule has 1 amide bonds. The standard InChI is InChI=1S/C15H16N4O3S/c1-11-10-23-15(16-11)18-8-6-17(7-9-18)14(20)12-4-2-3-5-13(12)19(21)22/h2-5,10H,6-9H2,1H3. The van der Waals surface area contributed by atoms with Gasteiger partial charge >= 0.3 is 0 Å². The van der Waals surface area contributed by atoms with Crippen LogP contribution in [0.5, 0.6) is 0 Å². The van der Waals surface area contributed by atoms with E-state index in [-0.39, 0.29) is 17.2 Å². The van der Waals surface area contributed by atoms with E-state index in [0.29, 0.717) is 26.2 Å². The molecule has 1 saturated heterocycles. The minimum Gasteiger partial charge on any atom is -0.345 e. The molecule has 7 nitrogen and oxygen atoms in total. The first-order valence-electron chi connectivity index (χ1n) is 7.26. The van der Waals surface area contributed by atoms with Gasteiger partial charge in [-0.15, -0.1) is 11.3 Å². The van der Waals surface area contributed by atoms with E-state index in [0.717, 1.165) is 10.8 Å². The maximum Gasteiger partial charge on any atom is 0.282 e. The molecule has 2 heterocycles. The van der Waals surface area contributed by atoms with Crippen LogP contribution in [0.3, 0.4) is 0 Å². The molecule has 120 valence electrons. The lowest BCUT2D eigenvalue weighted by Crippen LogP contribution is -2.48. The molecule has 0 N–H and O–H groups in total. The first-order chi connectivity index (χ1) is 11.1. The first-order valence-corrected chi connectivity index (χ1v) is 8.14. The number of anilines is 1. The molecule has 1 fully saturated rings. The van der Waals surface area contributed by atoms with Gasteiger partial charge in [-0.05, 0) is 13.0 Å². The molecule has 0 radical (unpaired) electrons. The van der Waals surface area contributed by atoms with Crippen LogP contribution in [0, 0.1) is 17.0 Å². The maximum atomic E-state index is 12.6. The van der Waals surface area contributed by atoms with E-state index in [2.05, 4.69) is 9.88 Å². The van der Waals surface area contributed by atoms with E-state index >= 15 is 0 Å². The Kier molecular flexibility index (Phi) is 4.24. The van der Waals surface area contributed by atoms with Crippen molar-refractivity contribution in [2.45, 2.75) is 6.92 Å². The monoisotopic (exact) mass is 332 g/mol. The third-order valence-corrected chi connectivity index (χ3v) is 4.79. The summed E-state index contributed by atoms with van der Waals surface area (Å²) in [4.78, 5) is 31.4. The van der Waals surface area contributed by atoms with Gasteiger partial charge in [0.05, 0.1) is 10.6 Å². The van der Waals surface area contributed by atoms with Gasteiger partial charge < -0.3 is 9.80 Å². The second-order valence-electron chi connectivity index (χ2n) is 5.32. The number of nitro groups is 1. The number of amides is 1.